The van der Waals surface area contributed by atoms with E-state index < -0.39 is 0 Å². The molecule has 92 valence electrons. The van der Waals surface area contributed by atoms with Crippen LogP contribution in [0.15, 0.2) is 0 Å². The lowest BCUT2D eigenvalue weighted by Crippen LogP contribution is -2.42. The van der Waals surface area contributed by atoms with Crippen molar-refractivity contribution < 1.29 is 4.79 Å². The molecule has 3 N–H and O–H groups in total. The van der Waals surface area contributed by atoms with E-state index >= 15 is 0 Å². The molecule has 1 aliphatic heterocycles. The Morgan fingerprint density at radius 2 is 2.31 bits per heavy atom. The molecule has 1 saturated carbocycles. The number of piperidine rings is 1. The zero-order valence-corrected chi connectivity index (χ0v) is 10.2. The minimum atomic E-state index is -0.194. The number of likely N-dealkylation sites (tertiary alicyclic amines) is 1. The number of hydrogen-bond acceptors (Lipinski definition) is 3. The van der Waals surface area contributed by atoms with Gasteiger partial charge < -0.3 is 16.0 Å². The van der Waals surface area contributed by atoms with Crippen molar-refractivity contribution in [1.29, 1.82) is 0 Å². The molecule has 0 aromatic rings. The van der Waals surface area contributed by atoms with E-state index in [1.54, 1.807) is 0 Å². The van der Waals surface area contributed by atoms with Gasteiger partial charge in [-0.3, -0.25) is 4.79 Å². The standard InChI is InChI=1S/C12H23N3O/c1-15-6-2-3-10(8-15)7-14-11(16)12(9-13)4-5-12/h10H,2-9,13H2,1H3,(H,14,16). The smallest absolute Gasteiger partial charge is 0.227 e. The Morgan fingerprint density at radius 1 is 1.56 bits per heavy atom. The molecule has 16 heavy (non-hydrogen) atoms. The molecule has 1 amide bonds. The van der Waals surface area contributed by atoms with E-state index in [1.807, 2.05) is 0 Å². The number of rotatable bonds is 4. The van der Waals surface area contributed by atoms with Gasteiger partial charge in [-0.05, 0) is 45.2 Å². The summed E-state index contributed by atoms with van der Waals surface area (Å²) in [6, 6.07) is 0. The number of carbonyl (C=O) groups is 1. The molecular weight excluding hydrogens is 202 g/mol. The second kappa shape index (κ2) is 4.72. The predicted molar refractivity (Wildman–Crippen MR) is 64.0 cm³/mol. The van der Waals surface area contributed by atoms with Gasteiger partial charge in [0.05, 0.1) is 5.41 Å². The molecule has 4 nitrogen and oxygen atoms in total. The van der Waals surface area contributed by atoms with Crippen molar-refractivity contribution in [2.24, 2.45) is 17.1 Å². The first-order valence-electron chi connectivity index (χ1n) is 6.33. The summed E-state index contributed by atoms with van der Waals surface area (Å²) in [6.07, 6.45) is 4.43. The molecule has 0 spiro atoms. The Hall–Kier alpha value is -0.610. The number of hydrogen-bond donors (Lipinski definition) is 2. The average molecular weight is 225 g/mol. The second-order valence-electron chi connectivity index (χ2n) is 5.46. The van der Waals surface area contributed by atoms with Crippen molar-refractivity contribution in [2.75, 3.05) is 33.2 Å². The fourth-order valence-corrected chi connectivity index (χ4v) is 2.54. The van der Waals surface area contributed by atoms with Gasteiger partial charge in [-0.2, -0.15) is 0 Å². The summed E-state index contributed by atoms with van der Waals surface area (Å²) >= 11 is 0. The third-order valence-electron chi connectivity index (χ3n) is 4.00. The third-order valence-corrected chi connectivity index (χ3v) is 4.00. The molecule has 0 bridgehead atoms. The van der Waals surface area contributed by atoms with Crippen LogP contribution < -0.4 is 11.1 Å². The lowest BCUT2D eigenvalue weighted by atomic mass is 9.98. The summed E-state index contributed by atoms with van der Waals surface area (Å²) in [5.74, 6) is 0.805. The van der Waals surface area contributed by atoms with Crippen LogP contribution in [0.3, 0.4) is 0 Å². The minimum absolute atomic E-state index is 0.184. The van der Waals surface area contributed by atoms with E-state index in [4.69, 9.17) is 5.73 Å². The maximum absolute atomic E-state index is 11.9. The van der Waals surface area contributed by atoms with Gasteiger partial charge in [-0.15, -0.1) is 0 Å². The summed E-state index contributed by atoms with van der Waals surface area (Å²) in [6.45, 7) is 3.63. The highest BCUT2D eigenvalue weighted by Gasteiger charge is 2.48. The molecule has 0 aromatic heterocycles. The molecule has 2 aliphatic rings. The minimum Gasteiger partial charge on any atom is -0.355 e. The highest BCUT2D eigenvalue weighted by Crippen LogP contribution is 2.44. The van der Waals surface area contributed by atoms with Crippen molar-refractivity contribution in [3.05, 3.63) is 0 Å². The molecule has 1 atom stereocenters. The fourth-order valence-electron chi connectivity index (χ4n) is 2.54. The normalized spacial score (nSPS) is 28.8. The van der Waals surface area contributed by atoms with Gasteiger partial charge in [-0.25, -0.2) is 0 Å². The van der Waals surface area contributed by atoms with Crippen LogP contribution in [0.5, 0.6) is 0 Å². The molecule has 1 heterocycles. The largest absolute Gasteiger partial charge is 0.355 e. The lowest BCUT2D eigenvalue weighted by molar-refractivity contribution is -0.126. The molecule has 1 saturated heterocycles. The molecule has 1 unspecified atom stereocenters. The summed E-state index contributed by atoms with van der Waals surface area (Å²) < 4.78 is 0. The van der Waals surface area contributed by atoms with Gasteiger partial charge in [0, 0.05) is 19.6 Å². The monoisotopic (exact) mass is 225 g/mol. The number of nitrogens with one attached hydrogen (secondary N) is 1. The van der Waals surface area contributed by atoms with Crippen LogP contribution in [0.1, 0.15) is 25.7 Å². The van der Waals surface area contributed by atoms with Crippen LogP contribution in [-0.4, -0.2) is 44.0 Å². The van der Waals surface area contributed by atoms with Crippen molar-refractivity contribution in [2.45, 2.75) is 25.7 Å². The Labute approximate surface area is 97.6 Å². The van der Waals surface area contributed by atoms with E-state index in [0.717, 1.165) is 25.9 Å². The van der Waals surface area contributed by atoms with Gasteiger partial charge in [0.25, 0.3) is 0 Å². The molecule has 4 heteroatoms. The number of carbonyl (C=O) groups excluding carboxylic acids is 1. The van der Waals surface area contributed by atoms with Gasteiger partial charge in [0.1, 0.15) is 0 Å². The Bertz CT molecular complexity index is 263. The average Bonchev–Trinajstić information content (AvgIpc) is 3.07. The van der Waals surface area contributed by atoms with E-state index in [1.165, 1.54) is 19.4 Å². The highest BCUT2D eigenvalue weighted by atomic mass is 16.2. The number of amides is 1. The number of nitrogens with two attached hydrogens (primary N) is 1. The topological polar surface area (TPSA) is 58.4 Å². The summed E-state index contributed by atoms with van der Waals surface area (Å²) in [7, 11) is 2.15. The highest BCUT2D eigenvalue weighted by molar-refractivity contribution is 5.85. The van der Waals surface area contributed by atoms with Crippen molar-refractivity contribution in [3.63, 3.8) is 0 Å². The van der Waals surface area contributed by atoms with E-state index in [2.05, 4.69) is 17.3 Å². The van der Waals surface area contributed by atoms with Crippen LogP contribution >= 0.6 is 0 Å². The molecule has 2 fully saturated rings. The first-order chi connectivity index (χ1) is 7.66. The van der Waals surface area contributed by atoms with Gasteiger partial charge in [0.15, 0.2) is 0 Å². The second-order valence-corrected chi connectivity index (χ2v) is 5.46. The van der Waals surface area contributed by atoms with Crippen molar-refractivity contribution >= 4 is 5.91 Å². The SMILES string of the molecule is CN1CCCC(CNC(=O)C2(CN)CC2)C1. The van der Waals surface area contributed by atoms with Crippen molar-refractivity contribution in [1.82, 2.24) is 10.2 Å². The van der Waals surface area contributed by atoms with Gasteiger partial charge in [0.2, 0.25) is 5.91 Å². The lowest BCUT2D eigenvalue weighted by Gasteiger charge is -2.30. The molecule has 2 rings (SSSR count). The molecule has 0 aromatic carbocycles. The van der Waals surface area contributed by atoms with Crippen LogP contribution in [0, 0.1) is 11.3 Å². The first-order valence-corrected chi connectivity index (χ1v) is 6.33. The summed E-state index contributed by atoms with van der Waals surface area (Å²) in [4.78, 5) is 14.2. The Kier molecular flexibility index (Phi) is 3.50. The van der Waals surface area contributed by atoms with E-state index in [-0.39, 0.29) is 11.3 Å². The van der Waals surface area contributed by atoms with Crippen LogP contribution in [0.25, 0.3) is 0 Å². The van der Waals surface area contributed by atoms with Gasteiger partial charge in [-0.1, -0.05) is 0 Å². The maximum atomic E-state index is 11.9. The van der Waals surface area contributed by atoms with E-state index in [9.17, 15) is 4.79 Å². The van der Waals surface area contributed by atoms with Gasteiger partial charge >= 0.3 is 0 Å². The predicted octanol–water partition coefficient (Wildman–Crippen LogP) is 0.183. The Morgan fingerprint density at radius 3 is 2.88 bits per heavy atom. The summed E-state index contributed by atoms with van der Waals surface area (Å²) in [5, 5.41) is 3.08. The molecular formula is C12H23N3O. The van der Waals surface area contributed by atoms with Crippen LogP contribution in [-0.2, 0) is 4.79 Å². The maximum Gasteiger partial charge on any atom is 0.227 e. The zero-order chi connectivity index (χ0) is 11.6. The van der Waals surface area contributed by atoms with Crippen molar-refractivity contribution in [3.8, 4) is 0 Å². The molecule has 1 aliphatic carbocycles. The zero-order valence-electron chi connectivity index (χ0n) is 10.2. The first kappa shape index (κ1) is 11.9. The number of nitrogens with zero attached hydrogens (tertiary/aromatic N) is 1. The Balaban J connectivity index is 1.72. The summed E-state index contributed by atoms with van der Waals surface area (Å²) in [5.41, 5.74) is 5.44. The van der Waals surface area contributed by atoms with Crippen LogP contribution in [0.4, 0.5) is 0 Å². The van der Waals surface area contributed by atoms with Crippen LogP contribution in [0.2, 0.25) is 0 Å². The molecule has 0 radical (unpaired) electrons. The third kappa shape index (κ3) is 2.55. The van der Waals surface area contributed by atoms with E-state index in [0.29, 0.717) is 12.5 Å². The fraction of sp³-hybridized carbons (Fsp3) is 0.917. The quantitative estimate of drug-likeness (QED) is 0.718.